The molecule has 1 heterocycles. The Kier molecular flexibility index (Phi) is 8.09. The molecule has 4 aromatic rings. The van der Waals surface area contributed by atoms with E-state index in [1.807, 2.05) is 18.2 Å². The van der Waals surface area contributed by atoms with Crippen LogP contribution in [-0.2, 0) is 13.0 Å². The minimum atomic E-state index is -0.114. The van der Waals surface area contributed by atoms with Gasteiger partial charge in [-0.05, 0) is 72.9 Å². The molecule has 0 spiro atoms. The summed E-state index contributed by atoms with van der Waals surface area (Å²) in [6.45, 7) is 8.39. The number of fused-ring (bicyclic) bond motifs is 1. The molecule has 0 radical (unpaired) electrons. The fraction of sp³-hybridized carbons (Fsp3) is 0.310. The van der Waals surface area contributed by atoms with Gasteiger partial charge < -0.3 is 14.6 Å². The molecule has 0 unspecified atom stereocenters. The molecule has 0 aliphatic carbocycles. The minimum absolute atomic E-state index is 0.114. The Bertz CT molecular complexity index is 1300. The number of rotatable bonds is 10. The lowest BCUT2D eigenvalue weighted by Gasteiger charge is -2.15. The van der Waals surface area contributed by atoms with Crippen molar-refractivity contribution >= 4 is 28.5 Å². The molecule has 0 saturated heterocycles. The van der Waals surface area contributed by atoms with Crippen LogP contribution in [0, 0.1) is 6.92 Å². The average molecular weight is 490 g/mol. The van der Waals surface area contributed by atoms with Crippen molar-refractivity contribution in [2.45, 2.75) is 46.1 Å². The van der Waals surface area contributed by atoms with Crippen molar-refractivity contribution < 1.29 is 9.53 Å². The number of hydrogen-bond acceptors (Lipinski definition) is 3. The normalized spacial score (nSPS) is 11.2. The number of hydrogen-bond donors (Lipinski definition) is 1. The summed E-state index contributed by atoms with van der Waals surface area (Å²) < 4.78 is 8.44. The van der Waals surface area contributed by atoms with Crippen LogP contribution in [0.1, 0.15) is 53.5 Å². The Morgan fingerprint density at radius 1 is 1.09 bits per heavy atom. The van der Waals surface area contributed by atoms with Crippen molar-refractivity contribution in [3.63, 3.8) is 0 Å². The molecule has 1 N–H and O–H groups in total. The summed E-state index contributed by atoms with van der Waals surface area (Å²) in [5.41, 5.74) is 5.10. The highest BCUT2D eigenvalue weighted by atomic mass is 35.5. The summed E-state index contributed by atoms with van der Waals surface area (Å²) in [5, 5.41) is 3.60. The number of ether oxygens (including phenoxy) is 1. The first-order chi connectivity index (χ1) is 16.9. The summed E-state index contributed by atoms with van der Waals surface area (Å²) in [7, 11) is 0. The Morgan fingerprint density at radius 3 is 2.63 bits per heavy atom. The molecule has 0 atom stereocenters. The number of aromatic nitrogens is 2. The second-order valence-corrected chi connectivity index (χ2v) is 9.52. The van der Waals surface area contributed by atoms with Gasteiger partial charge in [-0.2, -0.15) is 0 Å². The van der Waals surface area contributed by atoms with Crippen molar-refractivity contribution in [2.24, 2.45) is 0 Å². The predicted molar refractivity (Wildman–Crippen MR) is 143 cm³/mol. The highest BCUT2D eigenvalue weighted by Gasteiger charge is 2.12. The third kappa shape index (κ3) is 6.23. The van der Waals surface area contributed by atoms with E-state index in [0.717, 1.165) is 35.6 Å². The van der Waals surface area contributed by atoms with E-state index in [2.05, 4.69) is 54.9 Å². The first-order valence-electron chi connectivity index (χ1n) is 12.1. The molecular formula is C29H32ClN3O2. The topological polar surface area (TPSA) is 56.1 Å². The van der Waals surface area contributed by atoms with Crippen LogP contribution >= 0.6 is 11.6 Å². The standard InChI is InChI=1S/C29H32ClN3O2/c1-20(2)24-14-9-21(3)19-27(24)35-18-6-17-33-26-8-5-4-7-25(26)32-28(33)15-16-31-29(34)22-10-12-23(30)13-11-22/h4-5,7-14,19-20H,6,15-18H2,1-3H3,(H,31,34). The number of halogens is 1. The van der Waals surface area contributed by atoms with Crippen molar-refractivity contribution in [2.75, 3.05) is 13.2 Å². The number of carbonyl (C=O) groups is 1. The second kappa shape index (κ2) is 11.4. The maximum atomic E-state index is 12.5. The van der Waals surface area contributed by atoms with Crippen molar-refractivity contribution in [1.82, 2.24) is 14.9 Å². The monoisotopic (exact) mass is 489 g/mol. The molecular weight excluding hydrogens is 458 g/mol. The molecule has 1 amide bonds. The molecule has 182 valence electrons. The van der Waals surface area contributed by atoms with Crippen LogP contribution in [0.5, 0.6) is 5.75 Å². The Balaban J connectivity index is 1.39. The highest BCUT2D eigenvalue weighted by Crippen LogP contribution is 2.27. The number of aryl methyl sites for hydroxylation is 2. The summed E-state index contributed by atoms with van der Waals surface area (Å²) >= 11 is 5.92. The Labute approximate surface area is 212 Å². The van der Waals surface area contributed by atoms with E-state index >= 15 is 0 Å². The van der Waals surface area contributed by atoms with Gasteiger partial charge in [0.2, 0.25) is 0 Å². The molecule has 0 fully saturated rings. The van der Waals surface area contributed by atoms with Crippen molar-refractivity contribution in [1.29, 1.82) is 0 Å². The van der Waals surface area contributed by atoms with Crippen LogP contribution in [-0.4, -0.2) is 28.6 Å². The second-order valence-electron chi connectivity index (χ2n) is 9.08. The minimum Gasteiger partial charge on any atom is -0.493 e. The number of para-hydroxylation sites is 2. The van der Waals surface area contributed by atoms with Gasteiger partial charge in [0.05, 0.1) is 17.6 Å². The molecule has 4 rings (SSSR count). The van der Waals surface area contributed by atoms with Gasteiger partial charge in [0.1, 0.15) is 11.6 Å². The largest absolute Gasteiger partial charge is 0.493 e. The molecule has 35 heavy (non-hydrogen) atoms. The fourth-order valence-corrected chi connectivity index (χ4v) is 4.33. The number of benzene rings is 3. The van der Waals surface area contributed by atoms with E-state index in [9.17, 15) is 4.79 Å². The van der Waals surface area contributed by atoms with Crippen LogP contribution < -0.4 is 10.1 Å². The SMILES string of the molecule is Cc1ccc(C(C)C)c(OCCCn2c(CCNC(=O)c3ccc(Cl)cc3)nc3ccccc32)c1. The predicted octanol–water partition coefficient (Wildman–Crippen LogP) is 6.56. The molecule has 0 aliphatic rings. The third-order valence-corrected chi connectivity index (χ3v) is 6.30. The van der Waals surface area contributed by atoms with Gasteiger partial charge in [0.25, 0.3) is 5.91 Å². The van der Waals surface area contributed by atoms with Gasteiger partial charge in [-0.15, -0.1) is 0 Å². The average Bonchev–Trinajstić information content (AvgIpc) is 3.19. The molecule has 0 saturated carbocycles. The van der Waals surface area contributed by atoms with E-state index in [1.165, 1.54) is 11.1 Å². The summed E-state index contributed by atoms with van der Waals surface area (Å²) in [5.74, 6) is 2.23. The van der Waals surface area contributed by atoms with E-state index in [-0.39, 0.29) is 5.91 Å². The summed E-state index contributed by atoms with van der Waals surface area (Å²) in [6.07, 6.45) is 1.50. The number of amides is 1. The zero-order valence-corrected chi connectivity index (χ0v) is 21.3. The smallest absolute Gasteiger partial charge is 0.251 e. The molecule has 0 bridgehead atoms. The first-order valence-corrected chi connectivity index (χ1v) is 12.5. The Morgan fingerprint density at radius 2 is 1.86 bits per heavy atom. The van der Waals surface area contributed by atoms with Crippen LogP contribution in [0.3, 0.4) is 0 Å². The molecule has 3 aromatic carbocycles. The lowest BCUT2D eigenvalue weighted by molar-refractivity contribution is 0.0954. The van der Waals surface area contributed by atoms with Crippen LogP contribution in [0.2, 0.25) is 5.02 Å². The van der Waals surface area contributed by atoms with Crippen molar-refractivity contribution in [3.8, 4) is 5.75 Å². The molecule has 6 heteroatoms. The van der Waals surface area contributed by atoms with Gasteiger partial charge in [0.15, 0.2) is 0 Å². The maximum Gasteiger partial charge on any atom is 0.251 e. The lowest BCUT2D eigenvalue weighted by Crippen LogP contribution is -2.26. The fourth-order valence-electron chi connectivity index (χ4n) is 4.21. The summed E-state index contributed by atoms with van der Waals surface area (Å²) in [6, 6.07) is 21.5. The zero-order chi connectivity index (χ0) is 24.8. The van der Waals surface area contributed by atoms with Gasteiger partial charge in [-0.3, -0.25) is 4.79 Å². The maximum absolute atomic E-state index is 12.5. The molecule has 0 aliphatic heterocycles. The van der Waals surface area contributed by atoms with Crippen LogP contribution in [0.25, 0.3) is 11.0 Å². The highest BCUT2D eigenvalue weighted by molar-refractivity contribution is 6.30. The number of nitrogens with one attached hydrogen (secondary N) is 1. The lowest BCUT2D eigenvalue weighted by atomic mass is 10.0. The van der Waals surface area contributed by atoms with Crippen molar-refractivity contribution in [3.05, 3.63) is 94.3 Å². The van der Waals surface area contributed by atoms with Gasteiger partial charge in [-0.1, -0.05) is 49.7 Å². The summed E-state index contributed by atoms with van der Waals surface area (Å²) in [4.78, 5) is 17.3. The number of carbonyl (C=O) groups excluding carboxylic acids is 1. The number of nitrogens with zero attached hydrogens (tertiary/aromatic N) is 2. The van der Waals surface area contributed by atoms with Crippen LogP contribution in [0.4, 0.5) is 0 Å². The molecule has 1 aromatic heterocycles. The number of imidazole rings is 1. The first kappa shape index (κ1) is 24.8. The van der Waals surface area contributed by atoms with Gasteiger partial charge in [-0.25, -0.2) is 4.98 Å². The Hall–Kier alpha value is -3.31. The van der Waals surface area contributed by atoms with E-state index < -0.39 is 0 Å². The third-order valence-electron chi connectivity index (χ3n) is 6.05. The van der Waals surface area contributed by atoms with Gasteiger partial charge >= 0.3 is 0 Å². The van der Waals surface area contributed by atoms with E-state index in [4.69, 9.17) is 21.3 Å². The van der Waals surface area contributed by atoms with E-state index in [0.29, 0.717) is 36.1 Å². The molecule has 5 nitrogen and oxygen atoms in total. The zero-order valence-electron chi connectivity index (χ0n) is 20.6. The quantitative estimate of drug-likeness (QED) is 0.256. The van der Waals surface area contributed by atoms with Gasteiger partial charge in [0, 0.05) is 30.1 Å². The van der Waals surface area contributed by atoms with E-state index in [1.54, 1.807) is 24.3 Å². The van der Waals surface area contributed by atoms with Crippen LogP contribution in [0.15, 0.2) is 66.7 Å².